The Kier molecular flexibility index (Phi) is 4.02. The highest BCUT2D eigenvalue weighted by Gasteiger charge is 2.27. The van der Waals surface area contributed by atoms with Gasteiger partial charge in [0.2, 0.25) is 10.0 Å². The van der Waals surface area contributed by atoms with E-state index in [1.165, 1.54) is 6.20 Å². The van der Waals surface area contributed by atoms with Crippen molar-refractivity contribution >= 4 is 15.8 Å². The van der Waals surface area contributed by atoms with Crippen molar-refractivity contribution < 1.29 is 21.6 Å². The second-order valence-corrected chi connectivity index (χ2v) is 5.41. The number of aromatic amines is 1. The summed E-state index contributed by atoms with van der Waals surface area (Å²) in [4.78, 5) is 0. The van der Waals surface area contributed by atoms with Gasteiger partial charge in [0, 0.05) is 12.0 Å². The molecule has 0 aliphatic carbocycles. The van der Waals surface area contributed by atoms with E-state index in [4.69, 9.17) is 0 Å². The number of nitrogens with zero attached hydrogens (tertiary/aromatic N) is 1. The van der Waals surface area contributed by atoms with Gasteiger partial charge in [-0.25, -0.2) is 8.42 Å². The lowest BCUT2D eigenvalue weighted by Gasteiger charge is -2.08. The number of aromatic nitrogens is 2. The van der Waals surface area contributed by atoms with Gasteiger partial charge in [-0.05, 0) is 13.3 Å². The van der Waals surface area contributed by atoms with Gasteiger partial charge in [0.1, 0.15) is 5.82 Å². The summed E-state index contributed by atoms with van der Waals surface area (Å²) in [5.41, 5.74) is 0.574. The molecule has 17 heavy (non-hydrogen) atoms. The van der Waals surface area contributed by atoms with E-state index in [1.807, 2.05) is 0 Å². The largest absolute Gasteiger partial charge is 0.389 e. The molecule has 9 heteroatoms. The first-order valence-electron chi connectivity index (χ1n) is 4.77. The molecule has 0 radical (unpaired) electrons. The summed E-state index contributed by atoms with van der Waals surface area (Å²) in [6.45, 7) is 1.62. The molecule has 0 atom stereocenters. The van der Waals surface area contributed by atoms with Gasteiger partial charge < -0.3 is 0 Å². The topological polar surface area (TPSA) is 74.8 Å². The summed E-state index contributed by atoms with van der Waals surface area (Å²) < 4.78 is 60.5. The number of hydrogen-bond donors (Lipinski definition) is 2. The molecule has 0 unspecified atom stereocenters. The SMILES string of the molecule is Cc1cn[nH]c1NS(=O)(=O)CCCC(F)(F)F. The van der Waals surface area contributed by atoms with Gasteiger partial charge >= 0.3 is 6.18 Å². The standard InChI is InChI=1S/C8H12F3N3O2S/c1-6-5-12-13-7(6)14-17(15,16)4-2-3-8(9,10)11/h5H,2-4H2,1H3,(H2,12,13,14). The summed E-state index contributed by atoms with van der Waals surface area (Å²) in [6, 6.07) is 0. The average Bonchev–Trinajstić information content (AvgIpc) is 2.48. The van der Waals surface area contributed by atoms with Crippen molar-refractivity contribution in [1.82, 2.24) is 10.2 Å². The minimum atomic E-state index is -4.33. The number of sulfonamides is 1. The van der Waals surface area contributed by atoms with E-state index in [0.29, 0.717) is 5.56 Å². The summed E-state index contributed by atoms with van der Waals surface area (Å²) in [7, 11) is -3.77. The number of alkyl halides is 3. The fourth-order valence-electron chi connectivity index (χ4n) is 1.12. The minimum Gasteiger partial charge on any atom is -0.268 e. The van der Waals surface area contributed by atoms with Crippen molar-refractivity contribution in [2.75, 3.05) is 10.5 Å². The number of nitrogens with one attached hydrogen (secondary N) is 2. The Hall–Kier alpha value is -1.25. The summed E-state index contributed by atoms with van der Waals surface area (Å²) in [5, 5.41) is 6.00. The number of aryl methyl sites for hydroxylation is 1. The van der Waals surface area contributed by atoms with Crippen molar-refractivity contribution in [1.29, 1.82) is 0 Å². The lowest BCUT2D eigenvalue weighted by Crippen LogP contribution is -2.19. The van der Waals surface area contributed by atoms with Crippen LogP contribution in [0, 0.1) is 6.92 Å². The molecule has 0 spiro atoms. The van der Waals surface area contributed by atoms with Crippen LogP contribution in [0.1, 0.15) is 18.4 Å². The van der Waals surface area contributed by atoms with Crippen molar-refractivity contribution in [3.63, 3.8) is 0 Å². The molecule has 0 saturated heterocycles. The quantitative estimate of drug-likeness (QED) is 0.857. The monoisotopic (exact) mass is 271 g/mol. The first-order chi connectivity index (χ1) is 7.70. The second kappa shape index (κ2) is 4.94. The summed E-state index contributed by atoms with van der Waals surface area (Å²) >= 11 is 0. The van der Waals surface area contributed by atoms with E-state index < -0.39 is 34.8 Å². The van der Waals surface area contributed by atoms with Crippen LogP contribution in [-0.2, 0) is 10.0 Å². The Balaban J connectivity index is 2.50. The van der Waals surface area contributed by atoms with Crippen LogP contribution >= 0.6 is 0 Å². The molecule has 1 heterocycles. The smallest absolute Gasteiger partial charge is 0.268 e. The van der Waals surface area contributed by atoms with Gasteiger partial charge in [0.05, 0.1) is 11.9 Å². The molecule has 0 aromatic carbocycles. The van der Waals surface area contributed by atoms with E-state index in [0.717, 1.165) is 0 Å². The highest BCUT2D eigenvalue weighted by atomic mass is 32.2. The number of H-pyrrole nitrogens is 1. The van der Waals surface area contributed by atoms with Gasteiger partial charge in [0.25, 0.3) is 0 Å². The molecule has 2 N–H and O–H groups in total. The molecule has 0 amide bonds. The summed E-state index contributed by atoms with van der Waals surface area (Å²) in [5.74, 6) is -0.401. The zero-order chi connectivity index (χ0) is 13.1. The van der Waals surface area contributed by atoms with E-state index in [1.54, 1.807) is 6.92 Å². The van der Waals surface area contributed by atoms with Crippen LogP contribution in [0.3, 0.4) is 0 Å². The third-order valence-corrected chi connectivity index (χ3v) is 3.30. The van der Waals surface area contributed by atoms with Gasteiger partial charge in [-0.2, -0.15) is 18.3 Å². The first-order valence-corrected chi connectivity index (χ1v) is 6.42. The molecular formula is C8H12F3N3O2S. The molecule has 0 fully saturated rings. The van der Waals surface area contributed by atoms with Crippen LogP contribution in [-0.4, -0.2) is 30.5 Å². The first kappa shape index (κ1) is 13.8. The van der Waals surface area contributed by atoms with Gasteiger partial charge in [0.15, 0.2) is 0 Å². The van der Waals surface area contributed by atoms with Gasteiger partial charge in [-0.15, -0.1) is 0 Å². The van der Waals surface area contributed by atoms with E-state index >= 15 is 0 Å². The summed E-state index contributed by atoms with van der Waals surface area (Å²) in [6.07, 6.45) is -4.51. The van der Waals surface area contributed by atoms with E-state index in [9.17, 15) is 21.6 Å². The molecule has 1 rings (SSSR count). The highest BCUT2D eigenvalue weighted by Crippen LogP contribution is 2.22. The van der Waals surface area contributed by atoms with E-state index in [2.05, 4.69) is 14.9 Å². The van der Waals surface area contributed by atoms with Gasteiger partial charge in [-0.1, -0.05) is 0 Å². The second-order valence-electron chi connectivity index (χ2n) is 3.57. The molecule has 1 aromatic rings. The zero-order valence-electron chi connectivity index (χ0n) is 9.00. The van der Waals surface area contributed by atoms with Crippen LogP contribution in [0.5, 0.6) is 0 Å². The predicted molar refractivity (Wildman–Crippen MR) is 56.0 cm³/mol. The molecule has 0 aliphatic heterocycles. The third-order valence-electron chi connectivity index (χ3n) is 1.96. The Morgan fingerprint density at radius 3 is 2.59 bits per heavy atom. The van der Waals surface area contributed by atoms with E-state index in [-0.39, 0.29) is 5.82 Å². The number of halogens is 3. The van der Waals surface area contributed by atoms with Crippen LogP contribution < -0.4 is 4.72 Å². The van der Waals surface area contributed by atoms with Gasteiger partial charge in [-0.3, -0.25) is 9.82 Å². The Morgan fingerprint density at radius 1 is 1.47 bits per heavy atom. The average molecular weight is 271 g/mol. The molecule has 0 saturated carbocycles. The number of anilines is 1. The van der Waals surface area contributed by atoms with Crippen LogP contribution in [0.2, 0.25) is 0 Å². The Bertz CT molecular complexity index is 467. The van der Waals surface area contributed by atoms with Crippen LogP contribution in [0.25, 0.3) is 0 Å². The minimum absolute atomic E-state index is 0.178. The van der Waals surface area contributed by atoms with Crippen LogP contribution in [0.15, 0.2) is 6.20 Å². The van der Waals surface area contributed by atoms with Crippen molar-refractivity contribution in [3.8, 4) is 0 Å². The Morgan fingerprint density at radius 2 is 2.12 bits per heavy atom. The fraction of sp³-hybridized carbons (Fsp3) is 0.625. The molecular weight excluding hydrogens is 259 g/mol. The fourth-order valence-corrected chi connectivity index (χ4v) is 2.26. The predicted octanol–water partition coefficient (Wildman–Crippen LogP) is 1.80. The van der Waals surface area contributed by atoms with Crippen LogP contribution in [0.4, 0.5) is 19.0 Å². The molecule has 5 nitrogen and oxygen atoms in total. The maximum absolute atomic E-state index is 11.8. The van der Waals surface area contributed by atoms with Crippen molar-refractivity contribution in [2.24, 2.45) is 0 Å². The maximum atomic E-state index is 11.8. The zero-order valence-corrected chi connectivity index (χ0v) is 9.82. The molecule has 0 aliphatic rings. The molecule has 0 bridgehead atoms. The van der Waals surface area contributed by atoms with Crippen molar-refractivity contribution in [2.45, 2.75) is 25.9 Å². The molecule has 98 valence electrons. The third kappa shape index (κ3) is 5.07. The lowest BCUT2D eigenvalue weighted by atomic mass is 10.3. The number of rotatable bonds is 5. The number of hydrogen-bond acceptors (Lipinski definition) is 3. The highest BCUT2D eigenvalue weighted by molar-refractivity contribution is 7.92. The van der Waals surface area contributed by atoms with Crippen molar-refractivity contribution in [3.05, 3.63) is 11.8 Å². The maximum Gasteiger partial charge on any atom is 0.389 e. The normalized spacial score (nSPS) is 12.7. The Labute approximate surface area is 96.5 Å². The molecule has 1 aromatic heterocycles. The lowest BCUT2D eigenvalue weighted by molar-refractivity contribution is -0.134.